The Balaban J connectivity index is 2.69. The average molecular weight is 241 g/mol. The summed E-state index contributed by atoms with van der Waals surface area (Å²) in [6, 6.07) is 5.91. The summed E-state index contributed by atoms with van der Waals surface area (Å²) in [4.78, 5) is 11.9. The third-order valence-corrected chi connectivity index (χ3v) is 3.79. The van der Waals surface area contributed by atoms with Crippen LogP contribution in [0.25, 0.3) is 10.1 Å². The molecule has 78 valence electrons. The zero-order valence-corrected chi connectivity index (χ0v) is 9.91. The third kappa shape index (κ3) is 1.73. The number of halogens is 1. The van der Waals surface area contributed by atoms with Gasteiger partial charge in [-0.2, -0.15) is 0 Å². The average Bonchev–Trinajstić information content (AvgIpc) is 2.54. The van der Waals surface area contributed by atoms with E-state index in [-0.39, 0.29) is 5.97 Å². The van der Waals surface area contributed by atoms with Gasteiger partial charge in [-0.05, 0) is 18.6 Å². The molecular formula is C11H9ClO2S. The Hall–Kier alpha value is -1.06. The van der Waals surface area contributed by atoms with Crippen LogP contribution in [0.2, 0.25) is 5.02 Å². The number of fused-ring (bicyclic) bond motifs is 1. The van der Waals surface area contributed by atoms with Gasteiger partial charge in [0.2, 0.25) is 0 Å². The van der Waals surface area contributed by atoms with Crippen molar-refractivity contribution < 1.29 is 9.53 Å². The maximum atomic E-state index is 11.4. The fourth-order valence-electron chi connectivity index (χ4n) is 1.40. The monoisotopic (exact) mass is 240 g/mol. The highest BCUT2D eigenvalue weighted by Crippen LogP contribution is 2.36. The maximum Gasteiger partial charge on any atom is 0.349 e. The van der Waals surface area contributed by atoms with Gasteiger partial charge in [0.25, 0.3) is 0 Å². The first-order valence-electron chi connectivity index (χ1n) is 4.40. The number of carbonyl (C=O) groups is 1. The Bertz CT molecular complexity index is 531. The van der Waals surface area contributed by atoms with Crippen molar-refractivity contribution in [1.29, 1.82) is 0 Å². The van der Waals surface area contributed by atoms with E-state index >= 15 is 0 Å². The first-order valence-corrected chi connectivity index (χ1v) is 5.60. The highest BCUT2D eigenvalue weighted by atomic mass is 35.5. The number of aryl methyl sites for hydroxylation is 1. The van der Waals surface area contributed by atoms with E-state index in [1.165, 1.54) is 18.4 Å². The van der Waals surface area contributed by atoms with Gasteiger partial charge in [-0.25, -0.2) is 4.79 Å². The van der Waals surface area contributed by atoms with Crippen LogP contribution in [0.1, 0.15) is 15.2 Å². The molecule has 0 aliphatic rings. The van der Waals surface area contributed by atoms with Crippen LogP contribution in [0.5, 0.6) is 0 Å². The van der Waals surface area contributed by atoms with Crippen molar-refractivity contribution in [1.82, 2.24) is 0 Å². The number of hydrogen-bond donors (Lipinski definition) is 0. The van der Waals surface area contributed by atoms with Crippen LogP contribution in [0.15, 0.2) is 18.2 Å². The molecular weight excluding hydrogens is 232 g/mol. The number of esters is 1. The van der Waals surface area contributed by atoms with Gasteiger partial charge in [-0.15, -0.1) is 11.3 Å². The minimum Gasteiger partial charge on any atom is -0.465 e. The molecule has 0 atom stereocenters. The van der Waals surface area contributed by atoms with Gasteiger partial charge in [0.15, 0.2) is 0 Å². The Morgan fingerprint density at radius 1 is 1.47 bits per heavy atom. The lowest BCUT2D eigenvalue weighted by Gasteiger charge is -1.94. The van der Waals surface area contributed by atoms with E-state index in [0.29, 0.717) is 9.90 Å². The van der Waals surface area contributed by atoms with Crippen LogP contribution >= 0.6 is 22.9 Å². The van der Waals surface area contributed by atoms with Gasteiger partial charge in [0.05, 0.1) is 12.1 Å². The number of rotatable bonds is 1. The number of thiophene rings is 1. The number of ether oxygens (including phenoxy) is 1. The molecule has 0 N–H and O–H groups in total. The molecule has 0 unspecified atom stereocenters. The highest BCUT2D eigenvalue weighted by molar-refractivity contribution is 7.21. The number of hydrogen-bond acceptors (Lipinski definition) is 3. The molecule has 0 aliphatic heterocycles. The van der Waals surface area contributed by atoms with Gasteiger partial charge < -0.3 is 4.74 Å². The Kier molecular flexibility index (Phi) is 2.67. The lowest BCUT2D eigenvalue weighted by atomic mass is 10.2. The van der Waals surface area contributed by atoms with E-state index < -0.39 is 0 Å². The first-order chi connectivity index (χ1) is 7.13. The molecule has 1 aromatic heterocycles. The van der Waals surface area contributed by atoms with Crippen molar-refractivity contribution in [3.63, 3.8) is 0 Å². The van der Waals surface area contributed by atoms with E-state index in [0.717, 1.165) is 15.6 Å². The van der Waals surface area contributed by atoms with Crippen LogP contribution in [0, 0.1) is 6.92 Å². The Morgan fingerprint density at radius 3 is 2.87 bits per heavy atom. The molecule has 4 heteroatoms. The van der Waals surface area contributed by atoms with E-state index in [1.54, 1.807) is 0 Å². The van der Waals surface area contributed by atoms with Crippen LogP contribution in [-0.4, -0.2) is 13.1 Å². The smallest absolute Gasteiger partial charge is 0.349 e. The molecule has 2 rings (SSSR count). The largest absolute Gasteiger partial charge is 0.465 e. The molecule has 2 aromatic rings. The molecule has 15 heavy (non-hydrogen) atoms. The molecule has 0 bridgehead atoms. The summed E-state index contributed by atoms with van der Waals surface area (Å²) in [6.07, 6.45) is 0. The summed E-state index contributed by atoms with van der Waals surface area (Å²) in [7, 11) is 1.36. The lowest BCUT2D eigenvalue weighted by molar-refractivity contribution is 0.0606. The minimum atomic E-state index is -0.376. The standard InChI is InChI=1S/C11H9ClO2S/c1-6-3-4-7-8(5-6)15-10(9(7)12)11(13)14-2/h3-5H,1-2H3. The van der Waals surface area contributed by atoms with Crippen molar-refractivity contribution in [2.45, 2.75) is 6.92 Å². The summed E-state index contributed by atoms with van der Waals surface area (Å²) >= 11 is 7.46. The second-order valence-corrected chi connectivity index (χ2v) is 4.67. The summed E-state index contributed by atoms with van der Waals surface area (Å²) in [5, 5.41) is 1.40. The van der Waals surface area contributed by atoms with Gasteiger partial charge in [-0.3, -0.25) is 0 Å². The minimum absolute atomic E-state index is 0.376. The molecule has 0 amide bonds. The molecule has 0 fully saturated rings. The summed E-state index contributed by atoms with van der Waals surface area (Å²) in [6.45, 7) is 2.00. The molecule has 0 saturated carbocycles. The Morgan fingerprint density at radius 2 is 2.20 bits per heavy atom. The van der Waals surface area contributed by atoms with Gasteiger partial charge in [0.1, 0.15) is 4.88 Å². The third-order valence-electron chi connectivity index (χ3n) is 2.16. The SMILES string of the molecule is COC(=O)c1sc2cc(C)ccc2c1Cl. The number of carbonyl (C=O) groups excluding carboxylic acids is 1. The normalized spacial score (nSPS) is 10.6. The topological polar surface area (TPSA) is 26.3 Å². The van der Waals surface area contributed by atoms with Crippen molar-refractivity contribution in [2.75, 3.05) is 7.11 Å². The lowest BCUT2D eigenvalue weighted by Crippen LogP contribution is -1.97. The molecule has 0 saturated heterocycles. The molecule has 1 aromatic carbocycles. The fraction of sp³-hybridized carbons (Fsp3) is 0.182. The predicted octanol–water partition coefficient (Wildman–Crippen LogP) is 3.65. The van der Waals surface area contributed by atoms with Crippen LogP contribution < -0.4 is 0 Å². The molecule has 2 nitrogen and oxygen atoms in total. The van der Waals surface area contributed by atoms with Gasteiger partial charge >= 0.3 is 5.97 Å². The van der Waals surface area contributed by atoms with E-state index in [2.05, 4.69) is 4.74 Å². The number of benzene rings is 1. The van der Waals surface area contributed by atoms with Crippen molar-refractivity contribution in [3.05, 3.63) is 33.7 Å². The summed E-state index contributed by atoms with van der Waals surface area (Å²) in [5.74, 6) is -0.376. The first kappa shape index (κ1) is 10.5. The Labute approximate surface area is 96.4 Å². The van der Waals surface area contributed by atoms with Crippen molar-refractivity contribution >= 4 is 39.0 Å². The van der Waals surface area contributed by atoms with E-state index in [9.17, 15) is 4.79 Å². The maximum absolute atomic E-state index is 11.4. The summed E-state index contributed by atoms with van der Waals surface area (Å²) in [5.41, 5.74) is 1.15. The van der Waals surface area contributed by atoms with E-state index in [1.807, 2.05) is 25.1 Å². The number of methoxy groups -OCH3 is 1. The zero-order valence-electron chi connectivity index (χ0n) is 8.33. The molecule has 0 radical (unpaired) electrons. The molecule has 0 spiro atoms. The van der Waals surface area contributed by atoms with Crippen molar-refractivity contribution in [3.8, 4) is 0 Å². The quantitative estimate of drug-likeness (QED) is 0.712. The fourth-order valence-corrected chi connectivity index (χ4v) is 2.92. The second kappa shape index (κ2) is 3.83. The van der Waals surface area contributed by atoms with Crippen molar-refractivity contribution in [2.24, 2.45) is 0 Å². The second-order valence-electron chi connectivity index (χ2n) is 3.24. The van der Waals surface area contributed by atoms with E-state index in [4.69, 9.17) is 11.6 Å². The predicted molar refractivity (Wildman–Crippen MR) is 62.9 cm³/mol. The van der Waals surface area contributed by atoms with Crippen LogP contribution in [0.3, 0.4) is 0 Å². The van der Waals surface area contributed by atoms with Crippen LogP contribution in [0.4, 0.5) is 0 Å². The molecule has 0 aliphatic carbocycles. The molecule has 1 heterocycles. The summed E-state index contributed by atoms with van der Waals surface area (Å²) < 4.78 is 5.68. The van der Waals surface area contributed by atoms with Crippen LogP contribution in [-0.2, 0) is 4.74 Å². The highest BCUT2D eigenvalue weighted by Gasteiger charge is 2.17. The van der Waals surface area contributed by atoms with Gasteiger partial charge in [-0.1, -0.05) is 23.7 Å². The zero-order chi connectivity index (χ0) is 11.0. The van der Waals surface area contributed by atoms with Gasteiger partial charge in [0, 0.05) is 10.1 Å².